The minimum atomic E-state index is -4.55. The molecule has 5 rings (SSSR count). The van der Waals surface area contributed by atoms with Gasteiger partial charge in [0.15, 0.2) is 11.7 Å². The number of fused-ring (bicyclic) bond motifs is 2. The van der Waals surface area contributed by atoms with Gasteiger partial charge in [-0.05, 0) is 37.0 Å². The summed E-state index contributed by atoms with van der Waals surface area (Å²) in [5, 5.41) is 19.5. The first-order chi connectivity index (χ1) is 14.8. The smallest absolute Gasteiger partial charge is 0.410 e. The highest BCUT2D eigenvalue weighted by Crippen LogP contribution is 2.44. The molecule has 1 aliphatic heterocycles. The van der Waals surface area contributed by atoms with Crippen LogP contribution in [0.1, 0.15) is 57.2 Å². The van der Waals surface area contributed by atoms with Crippen LogP contribution in [-0.2, 0) is 12.8 Å². The number of halogens is 3. The van der Waals surface area contributed by atoms with Crippen LogP contribution >= 0.6 is 11.3 Å². The maximum atomic E-state index is 13.7. The van der Waals surface area contributed by atoms with Crippen molar-refractivity contribution in [2.45, 2.75) is 43.9 Å². The molecule has 0 spiro atoms. The van der Waals surface area contributed by atoms with Crippen molar-refractivity contribution in [1.82, 2.24) is 9.78 Å². The first kappa shape index (κ1) is 19.7. The van der Waals surface area contributed by atoms with Crippen molar-refractivity contribution >= 4 is 28.1 Å². The predicted octanol–water partition coefficient (Wildman–Crippen LogP) is 4.81. The summed E-state index contributed by atoms with van der Waals surface area (Å²) in [5.41, 5.74) is 1.22. The van der Waals surface area contributed by atoms with E-state index in [1.165, 1.54) is 23.7 Å². The number of hydrogen-bond donors (Lipinski definition) is 2. The topological polar surface area (TPSA) is 95.9 Å². The van der Waals surface area contributed by atoms with Gasteiger partial charge in [-0.25, -0.2) is 4.68 Å². The van der Waals surface area contributed by atoms with Crippen LogP contribution in [0, 0.1) is 11.3 Å². The third kappa shape index (κ3) is 3.37. The van der Waals surface area contributed by atoms with Crippen molar-refractivity contribution in [3.63, 3.8) is 0 Å². The van der Waals surface area contributed by atoms with Gasteiger partial charge in [-0.3, -0.25) is 4.79 Å². The minimum Gasteiger partial charge on any atom is -0.467 e. The Labute approximate surface area is 178 Å². The quantitative estimate of drug-likeness (QED) is 0.601. The number of thiophene rings is 1. The Kier molecular flexibility index (Phi) is 4.55. The lowest BCUT2D eigenvalue weighted by atomic mass is 10.0. The molecule has 3 aromatic rings. The maximum absolute atomic E-state index is 13.7. The van der Waals surface area contributed by atoms with Crippen molar-refractivity contribution in [1.29, 1.82) is 5.26 Å². The van der Waals surface area contributed by atoms with Gasteiger partial charge in [0, 0.05) is 17.4 Å². The lowest BCUT2D eigenvalue weighted by Crippen LogP contribution is -2.35. The summed E-state index contributed by atoms with van der Waals surface area (Å²) < 4.78 is 47.3. The first-order valence-electron chi connectivity index (χ1n) is 9.67. The second kappa shape index (κ2) is 7.16. The molecule has 2 N–H and O–H groups in total. The summed E-state index contributed by atoms with van der Waals surface area (Å²) in [5.74, 6) is -0.204. The number of rotatable bonds is 3. The number of hydrogen-bond acceptors (Lipinski definition) is 6. The molecule has 2 aliphatic rings. The Morgan fingerprint density at radius 2 is 2.26 bits per heavy atom. The number of carbonyl (C=O) groups is 1. The molecule has 0 saturated carbocycles. The third-order valence-corrected chi connectivity index (χ3v) is 6.78. The SMILES string of the molecule is N#Cc1c(NC(=O)c2cc3n(n2)[C@H](C(F)(F)F)C[C@@H](c2ccco2)N3)sc2c1CCC2. The van der Waals surface area contributed by atoms with Crippen LogP contribution in [0.5, 0.6) is 0 Å². The van der Waals surface area contributed by atoms with Gasteiger partial charge in [-0.2, -0.15) is 23.5 Å². The van der Waals surface area contributed by atoms with Crippen molar-refractivity contribution in [3.05, 3.63) is 51.9 Å². The molecule has 1 aliphatic carbocycles. The Morgan fingerprint density at radius 1 is 1.42 bits per heavy atom. The summed E-state index contributed by atoms with van der Waals surface area (Å²) in [6, 6.07) is 4.02. The largest absolute Gasteiger partial charge is 0.467 e. The number of nitrogens with one attached hydrogen (secondary N) is 2. The van der Waals surface area contributed by atoms with Crippen molar-refractivity contribution in [3.8, 4) is 6.07 Å². The zero-order chi connectivity index (χ0) is 21.8. The zero-order valence-corrected chi connectivity index (χ0v) is 16.8. The lowest BCUT2D eigenvalue weighted by molar-refractivity contribution is -0.174. The number of alkyl halides is 3. The maximum Gasteiger partial charge on any atom is 0.410 e. The monoisotopic (exact) mass is 447 g/mol. The molecule has 0 radical (unpaired) electrons. The summed E-state index contributed by atoms with van der Waals surface area (Å²) in [6.07, 6.45) is -0.856. The van der Waals surface area contributed by atoms with Crippen LogP contribution < -0.4 is 10.6 Å². The molecule has 160 valence electrons. The van der Waals surface area contributed by atoms with Crippen LogP contribution in [0.25, 0.3) is 0 Å². The molecule has 0 saturated heterocycles. The molecule has 11 heteroatoms. The normalized spacial score (nSPS) is 19.9. The standard InChI is InChI=1S/C20H16F3N5O2S/c21-20(22,23)16-7-12(14-4-2-6-30-14)25-17-8-13(27-28(16)17)18(29)26-19-11(9-24)10-3-1-5-15(10)31-19/h2,4,6,8,12,16,25H,1,3,5,7H2,(H,26,29)/t12-,16-/m0/s1. The van der Waals surface area contributed by atoms with Crippen LogP contribution in [0.2, 0.25) is 0 Å². The fourth-order valence-corrected chi connectivity index (χ4v) is 5.37. The van der Waals surface area contributed by atoms with Crippen LogP contribution in [-0.4, -0.2) is 21.9 Å². The van der Waals surface area contributed by atoms with E-state index in [9.17, 15) is 23.2 Å². The molecule has 1 amide bonds. The summed E-state index contributed by atoms with van der Waals surface area (Å²) in [4.78, 5) is 13.8. The highest BCUT2D eigenvalue weighted by atomic mass is 32.1. The van der Waals surface area contributed by atoms with Crippen LogP contribution in [0.15, 0.2) is 28.9 Å². The minimum absolute atomic E-state index is 0.0781. The second-order valence-electron chi connectivity index (χ2n) is 7.49. The summed E-state index contributed by atoms with van der Waals surface area (Å²) >= 11 is 1.34. The first-order valence-corrected chi connectivity index (χ1v) is 10.5. The molecule has 31 heavy (non-hydrogen) atoms. The van der Waals surface area contributed by atoms with Crippen molar-refractivity contribution in [2.24, 2.45) is 0 Å². The highest BCUT2D eigenvalue weighted by Gasteiger charge is 2.47. The van der Waals surface area contributed by atoms with Gasteiger partial charge in [-0.15, -0.1) is 11.3 Å². The number of amides is 1. The Morgan fingerprint density at radius 3 is 2.97 bits per heavy atom. The number of nitriles is 1. The van der Waals surface area contributed by atoms with Crippen LogP contribution in [0.3, 0.4) is 0 Å². The summed E-state index contributed by atoms with van der Waals surface area (Å²) in [6.45, 7) is 0. The zero-order valence-electron chi connectivity index (χ0n) is 16.0. The molecule has 0 fully saturated rings. The van der Waals surface area contributed by atoms with Crippen molar-refractivity contribution < 1.29 is 22.4 Å². The number of aryl methyl sites for hydroxylation is 1. The molecule has 7 nitrogen and oxygen atoms in total. The second-order valence-corrected chi connectivity index (χ2v) is 8.60. The van der Waals surface area contributed by atoms with Gasteiger partial charge in [0.05, 0.1) is 17.9 Å². The van der Waals surface area contributed by atoms with Crippen LogP contribution in [0.4, 0.5) is 24.0 Å². The number of aromatic nitrogens is 2. The molecule has 3 aromatic heterocycles. The molecule has 0 aromatic carbocycles. The fourth-order valence-electron chi connectivity index (χ4n) is 4.14. The number of nitrogens with zero attached hydrogens (tertiary/aromatic N) is 3. The Hall–Kier alpha value is -3.26. The van der Waals surface area contributed by atoms with E-state index >= 15 is 0 Å². The summed E-state index contributed by atoms with van der Waals surface area (Å²) in [7, 11) is 0. The third-order valence-electron chi connectivity index (χ3n) is 5.57. The van der Waals surface area contributed by atoms with Gasteiger partial charge < -0.3 is 15.1 Å². The number of furan rings is 1. The van der Waals surface area contributed by atoms with E-state index in [0.29, 0.717) is 16.3 Å². The van der Waals surface area contributed by atoms with E-state index < -0.39 is 24.2 Å². The van der Waals surface area contributed by atoms with Gasteiger partial charge in [-0.1, -0.05) is 0 Å². The Balaban J connectivity index is 1.45. The molecule has 4 heterocycles. The van der Waals surface area contributed by atoms with E-state index in [1.807, 2.05) is 0 Å². The van der Waals surface area contributed by atoms with E-state index in [0.717, 1.165) is 34.4 Å². The average molecular weight is 447 g/mol. The van der Waals surface area contributed by atoms with E-state index in [-0.39, 0.29) is 17.9 Å². The molecular formula is C20H16F3N5O2S. The van der Waals surface area contributed by atoms with E-state index in [1.54, 1.807) is 12.1 Å². The fraction of sp³-hybridized carbons (Fsp3) is 0.350. The molecule has 0 bridgehead atoms. The number of carbonyl (C=O) groups excluding carboxylic acids is 1. The molecule has 2 atom stereocenters. The van der Waals surface area contributed by atoms with Gasteiger partial charge >= 0.3 is 6.18 Å². The lowest BCUT2D eigenvalue weighted by Gasteiger charge is -2.32. The van der Waals surface area contributed by atoms with Gasteiger partial charge in [0.2, 0.25) is 0 Å². The van der Waals surface area contributed by atoms with E-state index in [2.05, 4.69) is 21.8 Å². The highest BCUT2D eigenvalue weighted by molar-refractivity contribution is 7.16. The average Bonchev–Trinajstić information content (AvgIpc) is 3.48. The van der Waals surface area contributed by atoms with Gasteiger partial charge in [0.1, 0.15) is 22.6 Å². The molecule has 0 unspecified atom stereocenters. The van der Waals surface area contributed by atoms with Gasteiger partial charge in [0.25, 0.3) is 5.91 Å². The van der Waals surface area contributed by atoms with E-state index in [4.69, 9.17) is 4.42 Å². The Bertz CT molecular complexity index is 1190. The predicted molar refractivity (Wildman–Crippen MR) is 106 cm³/mol. The number of anilines is 2. The molecular weight excluding hydrogens is 431 g/mol. The van der Waals surface area contributed by atoms with Crippen molar-refractivity contribution in [2.75, 3.05) is 10.6 Å².